The van der Waals surface area contributed by atoms with Crippen LogP contribution < -0.4 is 5.43 Å². The molecular formula is C22H22N4S. The van der Waals surface area contributed by atoms with E-state index in [1.165, 1.54) is 28.2 Å². The van der Waals surface area contributed by atoms with Crippen molar-refractivity contribution in [3.8, 4) is 5.69 Å². The number of anilines is 1. The zero-order valence-electron chi connectivity index (χ0n) is 15.9. The Labute approximate surface area is 163 Å². The van der Waals surface area contributed by atoms with Crippen LogP contribution in [0.5, 0.6) is 0 Å². The number of fused-ring (bicyclic) bond motifs is 1. The van der Waals surface area contributed by atoms with Gasteiger partial charge in [0.15, 0.2) is 0 Å². The molecule has 1 N–H and O–H groups in total. The normalized spacial score (nSPS) is 11.6. The number of nitrogens with zero attached hydrogens (tertiary/aromatic N) is 3. The first-order chi connectivity index (χ1) is 13.0. The van der Waals surface area contributed by atoms with E-state index in [0.717, 1.165) is 20.9 Å². The van der Waals surface area contributed by atoms with Gasteiger partial charge in [0, 0.05) is 22.6 Å². The quantitative estimate of drug-likeness (QED) is 0.364. The van der Waals surface area contributed by atoms with Gasteiger partial charge in [-0.25, -0.2) is 4.98 Å². The van der Waals surface area contributed by atoms with Gasteiger partial charge in [-0.3, -0.25) is 5.43 Å². The van der Waals surface area contributed by atoms with Crippen LogP contribution >= 0.6 is 11.3 Å². The Morgan fingerprint density at radius 1 is 1.00 bits per heavy atom. The predicted molar refractivity (Wildman–Crippen MR) is 116 cm³/mol. The van der Waals surface area contributed by atoms with Crippen molar-refractivity contribution in [3.63, 3.8) is 0 Å². The second kappa shape index (κ2) is 7.00. The summed E-state index contributed by atoms with van der Waals surface area (Å²) in [5.74, 6) is 0. The molecule has 0 bridgehead atoms. The lowest BCUT2D eigenvalue weighted by Gasteiger charge is -2.11. The Balaban J connectivity index is 1.59. The minimum atomic E-state index is 0.801. The van der Waals surface area contributed by atoms with Gasteiger partial charge in [0.1, 0.15) is 0 Å². The first kappa shape index (κ1) is 17.5. The standard InChI is InChI=1S/C22H22N4S/c1-14-9-10-19(11-15(14)2)26-16(3)12-18(17(26)4)13-23-25-22-24-20-7-5-6-8-21(20)27-22/h5-13H,1-4H3,(H,24,25). The van der Waals surface area contributed by atoms with Gasteiger partial charge in [0.2, 0.25) is 5.13 Å². The van der Waals surface area contributed by atoms with Crippen LogP contribution in [0.2, 0.25) is 0 Å². The molecule has 0 atom stereocenters. The number of aryl methyl sites for hydroxylation is 3. The van der Waals surface area contributed by atoms with E-state index in [0.29, 0.717) is 0 Å². The van der Waals surface area contributed by atoms with Crippen molar-refractivity contribution in [1.29, 1.82) is 0 Å². The van der Waals surface area contributed by atoms with Crippen LogP contribution in [0.4, 0.5) is 5.13 Å². The number of para-hydroxylation sites is 1. The summed E-state index contributed by atoms with van der Waals surface area (Å²) in [4.78, 5) is 4.54. The topological polar surface area (TPSA) is 42.2 Å². The molecule has 2 heterocycles. The Hall–Kier alpha value is -2.92. The van der Waals surface area contributed by atoms with Gasteiger partial charge in [-0.2, -0.15) is 5.10 Å². The number of hydrogen-bond acceptors (Lipinski definition) is 4. The summed E-state index contributed by atoms with van der Waals surface area (Å²) in [6, 6.07) is 16.8. The van der Waals surface area contributed by atoms with Crippen molar-refractivity contribution in [2.45, 2.75) is 27.7 Å². The number of aromatic nitrogens is 2. The maximum absolute atomic E-state index is 4.54. The van der Waals surface area contributed by atoms with Crippen LogP contribution in [0.25, 0.3) is 15.9 Å². The second-order valence-corrected chi connectivity index (χ2v) is 7.82. The van der Waals surface area contributed by atoms with Crippen molar-refractivity contribution < 1.29 is 0 Å². The van der Waals surface area contributed by atoms with Gasteiger partial charge in [0.25, 0.3) is 0 Å². The lowest BCUT2D eigenvalue weighted by Crippen LogP contribution is -2.00. The van der Waals surface area contributed by atoms with E-state index < -0.39 is 0 Å². The summed E-state index contributed by atoms with van der Waals surface area (Å²) in [7, 11) is 0. The molecule has 0 aliphatic rings. The molecule has 136 valence electrons. The minimum Gasteiger partial charge on any atom is -0.318 e. The Kier molecular flexibility index (Phi) is 4.54. The third-order valence-corrected chi connectivity index (χ3v) is 5.82. The maximum Gasteiger partial charge on any atom is 0.204 e. The van der Waals surface area contributed by atoms with Gasteiger partial charge in [-0.05, 0) is 69.2 Å². The fourth-order valence-corrected chi connectivity index (χ4v) is 4.07. The predicted octanol–water partition coefficient (Wildman–Crippen LogP) is 5.77. The number of hydrazone groups is 1. The van der Waals surface area contributed by atoms with Crippen molar-refractivity contribution in [2.24, 2.45) is 5.10 Å². The average molecular weight is 375 g/mol. The Morgan fingerprint density at radius 3 is 2.59 bits per heavy atom. The van der Waals surface area contributed by atoms with Crippen LogP contribution in [-0.4, -0.2) is 15.8 Å². The van der Waals surface area contributed by atoms with Crippen LogP contribution in [0.1, 0.15) is 28.1 Å². The minimum absolute atomic E-state index is 0.801. The molecule has 0 amide bonds. The van der Waals surface area contributed by atoms with E-state index in [2.05, 4.69) is 78.1 Å². The second-order valence-electron chi connectivity index (χ2n) is 6.79. The van der Waals surface area contributed by atoms with E-state index in [1.54, 1.807) is 11.3 Å². The third kappa shape index (κ3) is 3.38. The molecule has 2 aromatic heterocycles. The first-order valence-corrected chi connectivity index (χ1v) is 9.76. The average Bonchev–Trinajstić information content (AvgIpc) is 3.18. The molecule has 0 fully saturated rings. The number of thiazole rings is 1. The van der Waals surface area contributed by atoms with Gasteiger partial charge >= 0.3 is 0 Å². The largest absolute Gasteiger partial charge is 0.318 e. The fourth-order valence-electron chi connectivity index (χ4n) is 3.26. The van der Waals surface area contributed by atoms with E-state index >= 15 is 0 Å². The van der Waals surface area contributed by atoms with Crippen LogP contribution in [0.3, 0.4) is 0 Å². The Morgan fingerprint density at radius 2 is 1.81 bits per heavy atom. The van der Waals surface area contributed by atoms with Crippen LogP contribution in [-0.2, 0) is 0 Å². The van der Waals surface area contributed by atoms with Gasteiger partial charge < -0.3 is 4.57 Å². The monoisotopic (exact) mass is 374 g/mol. The molecule has 5 heteroatoms. The maximum atomic E-state index is 4.54. The first-order valence-electron chi connectivity index (χ1n) is 8.94. The number of nitrogens with one attached hydrogen (secondary N) is 1. The number of benzene rings is 2. The summed E-state index contributed by atoms with van der Waals surface area (Å²) in [5.41, 5.74) is 11.3. The van der Waals surface area contributed by atoms with Gasteiger partial charge in [-0.1, -0.05) is 29.5 Å². The van der Waals surface area contributed by atoms with Crippen LogP contribution in [0, 0.1) is 27.7 Å². The zero-order chi connectivity index (χ0) is 19.0. The molecule has 0 unspecified atom stereocenters. The summed E-state index contributed by atoms with van der Waals surface area (Å²) in [5, 5.41) is 5.21. The van der Waals surface area contributed by atoms with E-state index in [4.69, 9.17) is 0 Å². The lowest BCUT2D eigenvalue weighted by atomic mass is 10.1. The van der Waals surface area contributed by atoms with E-state index in [-0.39, 0.29) is 0 Å². The molecule has 0 spiro atoms. The highest BCUT2D eigenvalue weighted by atomic mass is 32.1. The third-order valence-electron chi connectivity index (χ3n) is 4.88. The molecule has 4 aromatic rings. The highest BCUT2D eigenvalue weighted by Gasteiger charge is 2.10. The lowest BCUT2D eigenvalue weighted by molar-refractivity contribution is 0.961. The molecule has 27 heavy (non-hydrogen) atoms. The van der Waals surface area contributed by atoms with E-state index in [1.807, 2.05) is 24.4 Å². The van der Waals surface area contributed by atoms with Crippen molar-refractivity contribution in [1.82, 2.24) is 9.55 Å². The van der Waals surface area contributed by atoms with Gasteiger partial charge in [-0.15, -0.1) is 0 Å². The van der Waals surface area contributed by atoms with Gasteiger partial charge in [0.05, 0.1) is 16.4 Å². The molecule has 0 radical (unpaired) electrons. The molecular weight excluding hydrogens is 352 g/mol. The highest BCUT2D eigenvalue weighted by molar-refractivity contribution is 7.22. The molecule has 0 saturated heterocycles. The molecule has 4 rings (SSSR count). The summed E-state index contributed by atoms with van der Waals surface area (Å²) < 4.78 is 3.42. The van der Waals surface area contributed by atoms with Crippen molar-refractivity contribution in [3.05, 3.63) is 76.6 Å². The SMILES string of the molecule is Cc1ccc(-n2c(C)cc(C=NNc3nc4ccccc4s3)c2C)cc1C. The molecule has 0 aliphatic heterocycles. The van der Waals surface area contributed by atoms with Crippen molar-refractivity contribution >= 4 is 32.9 Å². The van der Waals surface area contributed by atoms with E-state index in [9.17, 15) is 0 Å². The van der Waals surface area contributed by atoms with Crippen LogP contribution in [0.15, 0.2) is 53.6 Å². The molecule has 2 aromatic carbocycles. The van der Waals surface area contributed by atoms with Crippen molar-refractivity contribution in [2.75, 3.05) is 5.43 Å². The number of hydrogen-bond donors (Lipinski definition) is 1. The Bertz CT molecular complexity index is 1120. The summed E-state index contributed by atoms with van der Waals surface area (Å²) in [6.07, 6.45) is 1.87. The summed E-state index contributed by atoms with van der Waals surface area (Å²) >= 11 is 1.60. The highest BCUT2D eigenvalue weighted by Crippen LogP contribution is 2.25. The molecule has 0 aliphatic carbocycles. The molecule has 4 nitrogen and oxygen atoms in total. The fraction of sp³-hybridized carbons (Fsp3) is 0.182. The smallest absolute Gasteiger partial charge is 0.204 e. The molecule has 0 saturated carbocycles. The zero-order valence-corrected chi connectivity index (χ0v) is 16.8. The summed E-state index contributed by atoms with van der Waals surface area (Å²) in [6.45, 7) is 8.54. The number of rotatable bonds is 4.